The van der Waals surface area contributed by atoms with Crippen molar-refractivity contribution in [1.29, 1.82) is 0 Å². The van der Waals surface area contributed by atoms with Gasteiger partial charge in [-0.15, -0.1) is 11.6 Å². The Morgan fingerprint density at radius 3 is 2.65 bits per heavy atom. The molecule has 0 saturated heterocycles. The zero-order chi connectivity index (χ0) is 14.4. The van der Waals surface area contributed by atoms with E-state index < -0.39 is 0 Å². The van der Waals surface area contributed by atoms with Crippen molar-refractivity contribution < 1.29 is 13.9 Å². The van der Waals surface area contributed by atoms with E-state index in [0.29, 0.717) is 18.0 Å². The van der Waals surface area contributed by atoms with Gasteiger partial charge in [0.2, 0.25) is 5.91 Å². The predicted molar refractivity (Wildman–Crippen MR) is 76.5 cm³/mol. The van der Waals surface area contributed by atoms with Crippen LogP contribution in [0.1, 0.15) is 5.56 Å². The number of rotatable bonds is 5. The zero-order valence-corrected chi connectivity index (χ0v) is 11.4. The lowest BCUT2D eigenvalue weighted by Crippen LogP contribution is -2.12. The zero-order valence-electron chi connectivity index (χ0n) is 10.6. The first-order valence-corrected chi connectivity index (χ1v) is 6.54. The summed E-state index contributed by atoms with van der Waals surface area (Å²) in [6.45, 7) is 0.327. The van der Waals surface area contributed by atoms with Crippen LogP contribution in [-0.4, -0.2) is 11.8 Å². The summed E-state index contributed by atoms with van der Waals surface area (Å²) in [7, 11) is 0. The molecule has 0 fully saturated rings. The fourth-order valence-corrected chi connectivity index (χ4v) is 1.67. The summed E-state index contributed by atoms with van der Waals surface area (Å²) in [5, 5.41) is 2.64. The SMILES string of the molecule is O=C(CCl)Nc1cccc(OCc2ccc(F)cc2)c1. The van der Waals surface area contributed by atoms with Crippen molar-refractivity contribution in [2.24, 2.45) is 0 Å². The van der Waals surface area contributed by atoms with Gasteiger partial charge in [-0.3, -0.25) is 4.79 Å². The normalized spacial score (nSPS) is 10.1. The van der Waals surface area contributed by atoms with Gasteiger partial charge in [0.05, 0.1) is 0 Å². The molecule has 0 heterocycles. The van der Waals surface area contributed by atoms with Crippen LogP contribution in [0, 0.1) is 5.82 Å². The number of ether oxygens (including phenoxy) is 1. The van der Waals surface area contributed by atoms with Gasteiger partial charge in [-0.25, -0.2) is 4.39 Å². The third-order valence-corrected chi connectivity index (χ3v) is 2.80. The van der Waals surface area contributed by atoms with Crippen LogP contribution in [0.3, 0.4) is 0 Å². The summed E-state index contributed by atoms with van der Waals surface area (Å²) >= 11 is 5.42. The second-order valence-electron chi connectivity index (χ2n) is 4.12. The molecular formula is C15H13ClFNO2. The molecule has 0 aromatic heterocycles. The predicted octanol–water partition coefficient (Wildman–Crippen LogP) is 3.58. The summed E-state index contributed by atoms with van der Waals surface area (Å²) in [4.78, 5) is 11.2. The molecule has 0 aliphatic carbocycles. The minimum Gasteiger partial charge on any atom is -0.489 e. The summed E-state index contributed by atoms with van der Waals surface area (Å²) < 4.78 is 18.3. The number of benzene rings is 2. The van der Waals surface area contributed by atoms with Crippen molar-refractivity contribution in [3.63, 3.8) is 0 Å². The Morgan fingerprint density at radius 1 is 1.20 bits per heavy atom. The van der Waals surface area contributed by atoms with Gasteiger partial charge in [-0.05, 0) is 29.8 Å². The number of halogens is 2. The number of carbonyl (C=O) groups excluding carboxylic acids is 1. The molecule has 5 heteroatoms. The highest BCUT2D eigenvalue weighted by molar-refractivity contribution is 6.29. The molecule has 0 atom stereocenters. The Morgan fingerprint density at radius 2 is 1.95 bits per heavy atom. The molecule has 104 valence electrons. The second kappa shape index (κ2) is 6.91. The van der Waals surface area contributed by atoms with E-state index >= 15 is 0 Å². The van der Waals surface area contributed by atoms with E-state index in [0.717, 1.165) is 5.56 Å². The number of carbonyl (C=O) groups is 1. The van der Waals surface area contributed by atoms with Crippen molar-refractivity contribution in [1.82, 2.24) is 0 Å². The van der Waals surface area contributed by atoms with Crippen LogP contribution in [0.4, 0.5) is 10.1 Å². The highest BCUT2D eigenvalue weighted by Gasteiger charge is 2.02. The minimum atomic E-state index is -0.278. The van der Waals surface area contributed by atoms with Crippen molar-refractivity contribution in [2.75, 3.05) is 11.2 Å². The molecular weight excluding hydrogens is 281 g/mol. The van der Waals surface area contributed by atoms with Crippen LogP contribution in [0.25, 0.3) is 0 Å². The largest absolute Gasteiger partial charge is 0.489 e. The summed E-state index contributed by atoms with van der Waals surface area (Å²) in [6.07, 6.45) is 0. The molecule has 2 aromatic rings. The molecule has 0 aliphatic heterocycles. The monoisotopic (exact) mass is 293 g/mol. The first-order valence-electron chi connectivity index (χ1n) is 6.00. The fourth-order valence-electron chi connectivity index (χ4n) is 1.61. The lowest BCUT2D eigenvalue weighted by Gasteiger charge is -2.08. The van der Waals surface area contributed by atoms with Gasteiger partial charge in [0.15, 0.2) is 0 Å². The molecule has 2 rings (SSSR count). The average Bonchev–Trinajstić information content (AvgIpc) is 2.47. The van der Waals surface area contributed by atoms with E-state index in [1.807, 2.05) is 0 Å². The summed E-state index contributed by atoms with van der Waals surface area (Å²) in [5.41, 5.74) is 1.48. The summed E-state index contributed by atoms with van der Waals surface area (Å²) in [5.74, 6) is -0.0377. The van der Waals surface area contributed by atoms with E-state index in [4.69, 9.17) is 16.3 Å². The average molecular weight is 294 g/mol. The van der Waals surface area contributed by atoms with Crippen LogP contribution in [-0.2, 0) is 11.4 Å². The smallest absolute Gasteiger partial charge is 0.239 e. The maximum absolute atomic E-state index is 12.8. The topological polar surface area (TPSA) is 38.3 Å². The molecule has 0 spiro atoms. The highest BCUT2D eigenvalue weighted by atomic mass is 35.5. The minimum absolute atomic E-state index is 0.0966. The van der Waals surface area contributed by atoms with Crippen molar-refractivity contribution >= 4 is 23.2 Å². The summed E-state index contributed by atoms with van der Waals surface area (Å²) in [6, 6.07) is 13.1. The van der Waals surface area contributed by atoms with Gasteiger partial charge in [0.1, 0.15) is 24.1 Å². The van der Waals surface area contributed by atoms with E-state index in [-0.39, 0.29) is 17.6 Å². The Hall–Kier alpha value is -2.07. The fraction of sp³-hybridized carbons (Fsp3) is 0.133. The number of hydrogen-bond donors (Lipinski definition) is 1. The number of amides is 1. The quantitative estimate of drug-likeness (QED) is 0.856. The number of anilines is 1. The van der Waals surface area contributed by atoms with Gasteiger partial charge in [0, 0.05) is 11.8 Å². The number of alkyl halides is 1. The number of nitrogens with one attached hydrogen (secondary N) is 1. The van der Waals surface area contributed by atoms with Crippen molar-refractivity contribution in [3.05, 3.63) is 59.9 Å². The third kappa shape index (κ3) is 4.24. The molecule has 1 N–H and O–H groups in total. The van der Waals surface area contributed by atoms with E-state index in [1.54, 1.807) is 36.4 Å². The maximum Gasteiger partial charge on any atom is 0.239 e. The molecule has 2 aromatic carbocycles. The van der Waals surface area contributed by atoms with Crippen LogP contribution < -0.4 is 10.1 Å². The Bertz CT molecular complexity index is 587. The van der Waals surface area contributed by atoms with Gasteiger partial charge < -0.3 is 10.1 Å². The lowest BCUT2D eigenvalue weighted by atomic mass is 10.2. The molecule has 3 nitrogen and oxygen atoms in total. The maximum atomic E-state index is 12.8. The van der Waals surface area contributed by atoms with E-state index in [1.165, 1.54) is 12.1 Å². The second-order valence-corrected chi connectivity index (χ2v) is 4.39. The molecule has 0 unspecified atom stereocenters. The molecule has 0 radical (unpaired) electrons. The first kappa shape index (κ1) is 14.3. The molecule has 0 saturated carbocycles. The van der Waals surface area contributed by atoms with Gasteiger partial charge in [-0.2, -0.15) is 0 Å². The highest BCUT2D eigenvalue weighted by Crippen LogP contribution is 2.18. The standard InChI is InChI=1S/C15H13ClFNO2/c16-9-15(19)18-13-2-1-3-14(8-13)20-10-11-4-6-12(17)7-5-11/h1-8H,9-10H2,(H,18,19). The van der Waals surface area contributed by atoms with Crippen LogP contribution in [0.2, 0.25) is 0 Å². The molecule has 1 amide bonds. The van der Waals surface area contributed by atoms with Gasteiger partial charge in [0.25, 0.3) is 0 Å². The van der Waals surface area contributed by atoms with Crippen LogP contribution in [0.15, 0.2) is 48.5 Å². The lowest BCUT2D eigenvalue weighted by molar-refractivity contribution is -0.113. The van der Waals surface area contributed by atoms with Crippen LogP contribution in [0.5, 0.6) is 5.75 Å². The molecule has 20 heavy (non-hydrogen) atoms. The molecule has 0 aliphatic rings. The van der Waals surface area contributed by atoms with Crippen molar-refractivity contribution in [3.8, 4) is 5.75 Å². The number of hydrogen-bond acceptors (Lipinski definition) is 2. The Kier molecular flexibility index (Phi) is 4.96. The third-order valence-electron chi connectivity index (χ3n) is 2.56. The van der Waals surface area contributed by atoms with Crippen LogP contribution >= 0.6 is 11.6 Å². The Balaban J connectivity index is 1.97. The van der Waals surface area contributed by atoms with Gasteiger partial charge in [-0.1, -0.05) is 18.2 Å². The van der Waals surface area contributed by atoms with E-state index in [2.05, 4.69) is 5.32 Å². The Labute approximate surface area is 121 Å². The van der Waals surface area contributed by atoms with Gasteiger partial charge >= 0.3 is 0 Å². The van der Waals surface area contributed by atoms with Crippen molar-refractivity contribution in [2.45, 2.75) is 6.61 Å². The first-order chi connectivity index (χ1) is 9.67. The molecule has 0 bridgehead atoms. The van der Waals surface area contributed by atoms with E-state index in [9.17, 15) is 9.18 Å².